The van der Waals surface area contributed by atoms with Crippen molar-refractivity contribution < 1.29 is 19.4 Å². The number of pyridine rings is 1. The smallest absolute Gasteiger partial charge is 0.274 e. The third kappa shape index (κ3) is 2.83. The van der Waals surface area contributed by atoms with Gasteiger partial charge in [-0.3, -0.25) is 9.59 Å². The van der Waals surface area contributed by atoms with Crippen LogP contribution in [0.15, 0.2) is 4.79 Å². The van der Waals surface area contributed by atoms with Crippen molar-refractivity contribution in [2.24, 2.45) is 0 Å². The second-order valence-corrected chi connectivity index (χ2v) is 6.56. The average molecular weight is 366 g/mol. The molecular formula is C19H30N2O5. The van der Waals surface area contributed by atoms with Crippen molar-refractivity contribution in [1.82, 2.24) is 9.47 Å². The van der Waals surface area contributed by atoms with Crippen LogP contribution in [0.4, 0.5) is 0 Å². The molecule has 2 unspecified atom stereocenters. The van der Waals surface area contributed by atoms with Crippen LogP contribution < -0.4 is 10.2 Å². The minimum Gasteiger partial charge on any atom is -0.491 e. The Kier molecular flexibility index (Phi) is 6.13. The molecule has 0 saturated carbocycles. The third-order valence-electron chi connectivity index (χ3n) is 5.31. The summed E-state index contributed by atoms with van der Waals surface area (Å²) in [4.78, 5) is 27.3. The van der Waals surface area contributed by atoms with Crippen molar-refractivity contribution in [2.75, 3.05) is 33.9 Å². The molecule has 0 saturated heterocycles. The summed E-state index contributed by atoms with van der Waals surface area (Å²) >= 11 is 0. The fraction of sp³-hybridized carbons (Fsp3) is 0.684. The van der Waals surface area contributed by atoms with E-state index in [1.165, 1.54) is 7.11 Å². The molecule has 0 fully saturated rings. The predicted molar refractivity (Wildman–Crippen MR) is 99.0 cm³/mol. The fourth-order valence-corrected chi connectivity index (χ4v) is 4.16. The molecule has 0 aliphatic carbocycles. The molecule has 3 rings (SSSR count). The van der Waals surface area contributed by atoms with Gasteiger partial charge in [0.1, 0.15) is 0 Å². The minimum absolute atomic E-state index is 0.0651. The minimum atomic E-state index is -0.774. The van der Waals surface area contributed by atoms with Gasteiger partial charge in [-0.25, -0.2) is 0 Å². The van der Waals surface area contributed by atoms with E-state index in [9.17, 15) is 14.7 Å². The maximum atomic E-state index is 12.9. The Labute approximate surface area is 154 Å². The van der Waals surface area contributed by atoms with Gasteiger partial charge in [-0.2, -0.15) is 0 Å². The van der Waals surface area contributed by atoms with Gasteiger partial charge in [0.15, 0.2) is 11.4 Å². The molecule has 0 aromatic carbocycles. The quantitative estimate of drug-likeness (QED) is 0.860. The lowest BCUT2D eigenvalue weighted by Gasteiger charge is -2.43. The van der Waals surface area contributed by atoms with Crippen LogP contribution in [0.3, 0.4) is 0 Å². The molecule has 1 aromatic rings. The number of nitrogens with zero attached hydrogens (tertiary/aromatic N) is 2. The first-order chi connectivity index (χ1) is 12.4. The monoisotopic (exact) mass is 366 g/mol. The van der Waals surface area contributed by atoms with Gasteiger partial charge in [0.05, 0.1) is 24.4 Å². The molecule has 0 radical (unpaired) electrons. The number of hydrogen-bond donors (Lipinski definition) is 1. The number of carbonyl (C=O) groups excluding carboxylic acids is 1. The predicted octanol–water partition coefficient (Wildman–Crippen LogP) is 1.84. The summed E-state index contributed by atoms with van der Waals surface area (Å²) in [7, 11) is 3.03. The Morgan fingerprint density at radius 2 is 1.92 bits per heavy atom. The van der Waals surface area contributed by atoms with Gasteiger partial charge in [-0.05, 0) is 20.3 Å². The number of likely N-dealkylation sites (N-methyl/N-ethyl adjacent to an activating group) is 1. The number of carbonyl (C=O) groups is 1. The zero-order valence-corrected chi connectivity index (χ0v) is 16.6. The third-order valence-corrected chi connectivity index (χ3v) is 5.31. The molecule has 146 valence electrons. The first-order valence-electron chi connectivity index (χ1n) is 9.22. The van der Waals surface area contributed by atoms with Crippen LogP contribution in [0.25, 0.3) is 0 Å². The highest BCUT2D eigenvalue weighted by molar-refractivity contribution is 5.96. The highest BCUT2D eigenvalue weighted by atomic mass is 16.5. The molecule has 7 nitrogen and oxygen atoms in total. The molecule has 2 atom stereocenters. The second kappa shape index (κ2) is 7.80. The van der Waals surface area contributed by atoms with E-state index in [0.29, 0.717) is 43.8 Å². The van der Waals surface area contributed by atoms with Crippen LogP contribution in [0.2, 0.25) is 0 Å². The topological polar surface area (TPSA) is 81.0 Å². The summed E-state index contributed by atoms with van der Waals surface area (Å²) in [5.74, 6) is -0.162. The molecule has 7 heteroatoms. The van der Waals surface area contributed by atoms with Crippen LogP contribution in [-0.4, -0.2) is 54.4 Å². The number of amides is 1. The normalized spacial score (nSPS) is 23.4. The van der Waals surface area contributed by atoms with Crippen LogP contribution >= 0.6 is 0 Å². The maximum absolute atomic E-state index is 12.9. The lowest BCUT2D eigenvalue weighted by molar-refractivity contribution is 0.0426. The summed E-state index contributed by atoms with van der Waals surface area (Å²) in [6.07, 6.45) is 0.333. The van der Waals surface area contributed by atoms with Crippen molar-refractivity contribution in [2.45, 2.75) is 52.2 Å². The zero-order valence-electron chi connectivity index (χ0n) is 16.6. The molecule has 26 heavy (non-hydrogen) atoms. The van der Waals surface area contributed by atoms with Gasteiger partial charge in [-0.1, -0.05) is 13.8 Å². The van der Waals surface area contributed by atoms with Gasteiger partial charge < -0.3 is 24.0 Å². The molecular weight excluding hydrogens is 336 g/mol. The fourth-order valence-electron chi connectivity index (χ4n) is 4.16. The molecule has 3 heterocycles. The summed E-state index contributed by atoms with van der Waals surface area (Å²) < 4.78 is 12.4. The lowest BCUT2D eigenvalue weighted by atomic mass is 9.89. The van der Waals surface area contributed by atoms with Gasteiger partial charge in [-0.15, -0.1) is 0 Å². The number of aromatic nitrogens is 1. The Morgan fingerprint density at radius 1 is 1.27 bits per heavy atom. The van der Waals surface area contributed by atoms with Gasteiger partial charge in [0.2, 0.25) is 5.43 Å². The summed E-state index contributed by atoms with van der Waals surface area (Å²) in [6.45, 7) is 9.12. The maximum Gasteiger partial charge on any atom is 0.274 e. The van der Waals surface area contributed by atoms with Crippen LogP contribution in [-0.2, 0) is 10.3 Å². The van der Waals surface area contributed by atoms with E-state index in [0.717, 1.165) is 0 Å². The van der Waals surface area contributed by atoms with E-state index in [4.69, 9.17) is 9.47 Å². The molecule has 1 amide bonds. The first-order valence-corrected chi connectivity index (χ1v) is 9.22. The van der Waals surface area contributed by atoms with E-state index in [1.807, 2.05) is 25.3 Å². The molecule has 0 bridgehead atoms. The molecule has 0 spiro atoms. The SMILES string of the molecule is CC.CCN1CC2(CCOC)CC(O)c3c(C)c(=O)c(OC)c(n32)C1=O. The first kappa shape index (κ1) is 20.5. The van der Waals surface area contributed by atoms with E-state index in [1.54, 1.807) is 18.9 Å². The Bertz CT molecular complexity index is 742. The number of ether oxygens (including phenoxy) is 2. The van der Waals surface area contributed by atoms with E-state index in [-0.39, 0.29) is 22.8 Å². The number of hydrogen-bond acceptors (Lipinski definition) is 5. The molecule has 1 aromatic heterocycles. The molecule has 1 N–H and O–H groups in total. The number of methoxy groups -OCH3 is 2. The number of rotatable bonds is 5. The van der Waals surface area contributed by atoms with Crippen LogP contribution in [0.1, 0.15) is 61.5 Å². The Balaban J connectivity index is 0.00000117. The Hall–Kier alpha value is -1.86. The summed E-state index contributed by atoms with van der Waals surface area (Å²) in [5.41, 5.74) is 0.432. The Morgan fingerprint density at radius 3 is 2.46 bits per heavy atom. The average Bonchev–Trinajstić information content (AvgIpc) is 2.94. The van der Waals surface area contributed by atoms with Crippen molar-refractivity contribution in [3.05, 3.63) is 27.2 Å². The van der Waals surface area contributed by atoms with E-state index < -0.39 is 11.6 Å². The second-order valence-electron chi connectivity index (χ2n) is 6.56. The highest BCUT2D eigenvalue weighted by Crippen LogP contribution is 2.47. The number of aliphatic hydroxyl groups is 1. The van der Waals surface area contributed by atoms with Gasteiger partial charge in [0, 0.05) is 38.8 Å². The largest absolute Gasteiger partial charge is 0.491 e. The van der Waals surface area contributed by atoms with Crippen molar-refractivity contribution >= 4 is 5.91 Å². The van der Waals surface area contributed by atoms with E-state index >= 15 is 0 Å². The molecule has 2 aliphatic heterocycles. The molecule has 2 aliphatic rings. The standard InChI is InChI=1S/C17H24N2O5.C2H6/c1-5-18-9-17(6-7-23-3)8-11(20)12-10(2)14(21)15(24-4)13(16(18)22)19(12)17;1-2/h11,20H,5-9H2,1-4H3;1-2H3. The lowest BCUT2D eigenvalue weighted by Crippen LogP contribution is -2.54. The number of aliphatic hydroxyl groups excluding tert-OH is 1. The van der Waals surface area contributed by atoms with Gasteiger partial charge in [0.25, 0.3) is 5.91 Å². The zero-order chi connectivity index (χ0) is 19.6. The summed E-state index contributed by atoms with van der Waals surface area (Å²) in [5, 5.41) is 10.6. The van der Waals surface area contributed by atoms with Crippen LogP contribution in [0, 0.1) is 6.92 Å². The van der Waals surface area contributed by atoms with Crippen molar-refractivity contribution in [3.63, 3.8) is 0 Å². The van der Waals surface area contributed by atoms with Crippen molar-refractivity contribution in [1.29, 1.82) is 0 Å². The highest BCUT2D eigenvalue weighted by Gasteiger charge is 2.51. The van der Waals surface area contributed by atoms with Crippen LogP contribution in [0.5, 0.6) is 5.75 Å². The van der Waals surface area contributed by atoms with Crippen molar-refractivity contribution in [3.8, 4) is 5.75 Å². The van der Waals surface area contributed by atoms with E-state index in [2.05, 4.69) is 0 Å². The summed E-state index contributed by atoms with van der Waals surface area (Å²) in [6, 6.07) is 0. The van der Waals surface area contributed by atoms with Gasteiger partial charge >= 0.3 is 0 Å².